The van der Waals surface area contributed by atoms with Crippen molar-refractivity contribution in [1.82, 2.24) is 9.55 Å². The van der Waals surface area contributed by atoms with Gasteiger partial charge in [0.1, 0.15) is 10.4 Å². The summed E-state index contributed by atoms with van der Waals surface area (Å²) in [5.41, 5.74) is 2.14. The molecule has 22 heavy (non-hydrogen) atoms. The average Bonchev–Trinajstić information content (AvgIpc) is 2.92. The van der Waals surface area contributed by atoms with Crippen molar-refractivity contribution in [2.45, 2.75) is 13.8 Å². The van der Waals surface area contributed by atoms with Gasteiger partial charge in [0, 0.05) is 7.05 Å². The Labute approximate surface area is 131 Å². The first-order valence-corrected chi connectivity index (χ1v) is 7.77. The van der Waals surface area contributed by atoms with Gasteiger partial charge in [0.05, 0.1) is 12.2 Å². The van der Waals surface area contributed by atoms with Crippen LogP contribution in [0.4, 0.5) is 0 Å². The van der Waals surface area contributed by atoms with Crippen LogP contribution in [-0.4, -0.2) is 21.3 Å². The third-order valence-corrected chi connectivity index (χ3v) is 4.52. The van der Waals surface area contributed by atoms with Crippen LogP contribution in [0, 0.1) is 6.92 Å². The Balaban J connectivity index is 2.37. The summed E-state index contributed by atoms with van der Waals surface area (Å²) in [6, 6.07) is 7.50. The Kier molecular flexibility index (Phi) is 3.62. The van der Waals surface area contributed by atoms with Gasteiger partial charge >= 0.3 is 0 Å². The molecule has 0 fully saturated rings. The second kappa shape index (κ2) is 5.46. The van der Waals surface area contributed by atoms with E-state index in [1.54, 1.807) is 7.05 Å². The van der Waals surface area contributed by atoms with E-state index in [4.69, 9.17) is 4.74 Å². The van der Waals surface area contributed by atoms with Crippen LogP contribution < -0.4 is 10.3 Å². The maximum Gasteiger partial charge on any atom is 0.275 e. The largest absolute Gasteiger partial charge is 0.505 e. The summed E-state index contributed by atoms with van der Waals surface area (Å²) in [5, 5.41) is 11.1. The van der Waals surface area contributed by atoms with E-state index in [1.165, 1.54) is 15.9 Å². The number of pyridine rings is 1. The maximum absolute atomic E-state index is 12.7. The second-order valence-electron chi connectivity index (χ2n) is 4.97. The Morgan fingerprint density at radius 2 is 2.09 bits per heavy atom. The van der Waals surface area contributed by atoms with Crippen molar-refractivity contribution in [3.63, 3.8) is 0 Å². The normalized spacial score (nSPS) is 11.0. The topological polar surface area (TPSA) is 64.3 Å². The molecule has 0 unspecified atom stereocenters. The summed E-state index contributed by atoms with van der Waals surface area (Å²) in [7, 11) is 1.65. The molecule has 0 radical (unpaired) electrons. The van der Waals surface area contributed by atoms with Crippen LogP contribution >= 0.6 is 11.3 Å². The average molecular weight is 316 g/mol. The van der Waals surface area contributed by atoms with E-state index in [9.17, 15) is 9.90 Å². The number of thiazole rings is 1. The molecule has 1 aromatic carbocycles. The summed E-state index contributed by atoms with van der Waals surface area (Å²) in [4.78, 5) is 16.9. The zero-order valence-corrected chi connectivity index (χ0v) is 13.4. The minimum absolute atomic E-state index is 0.0316. The standard InChI is InChI=1S/C16H16N2O3S/c1-4-21-16-17-14-13(22-16)12(19)11(15(20)18(14)3)10-8-6-5-7-9(10)2/h5-8,19H,4H2,1-3H3. The predicted octanol–water partition coefficient (Wildman–Crippen LogP) is 3.07. The maximum atomic E-state index is 12.7. The molecule has 0 aliphatic carbocycles. The first kappa shape index (κ1) is 14.6. The summed E-state index contributed by atoms with van der Waals surface area (Å²) in [5.74, 6) is -0.0316. The third kappa shape index (κ3) is 2.16. The zero-order valence-electron chi connectivity index (χ0n) is 12.6. The van der Waals surface area contributed by atoms with Gasteiger partial charge in [0.2, 0.25) is 0 Å². The third-order valence-electron chi connectivity index (χ3n) is 3.56. The quantitative estimate of drug-likeness (QED) is 0.806. The van der Waals surface area contributed by atoms with Gasteiger partial charge in [0.15, 0.2) is 5.65 Å². The summed E-state index contributed by atoms with van der Waals surface area (Å²) in [6.45, 7) is 4.26. The lowest BCUT2D eigenvalue weighted by Crippen LogP contribution is -2.19. The summed E-state index contributed by atoms with van der Waals surface area (Å²) < 4.78 is 7.40. The molecule has 1 N–H and O–H groups in total. The van der Waals surface area contributed by atoms with E-state index in [-0.39, 0.29) is 11.3 Å². The molecule has 2 heterocycles. The first-order valence-electron chi connectivity index (χ1n) is 6.95. The van der Waals surface area contributed by atoms with Crippen molar-refractivity contribution in [2.24, 2.45) is 7.05 Å². The molecule has 2 aromatic heterocycles. The molecule has 114 valence electrons. The highest BCUT2D eigenvalue weighted by atomic mass is 32.1. The summed E-state index contributed by atoms with van der Waals surface area (Å²) >= 11 is 1.24. The second-order valence-corrected chi connectivity index (χ2v) is 5.93. The highest BCUT2D eigenvalue weighted by molar-refractivity contribution is 7.20. The van der Waals surface area contributed by atoms with Crippen LogP contribution in [-0.2, 0) is 7.05 Å². The Hall–Kier alpha value is -2.34. The van der Waals surface area contributed by atoms with Gasteiger partial charge in [-0.05, 0) is 25.0 Å². The molecular weight excluding hydrogens is 300 g/mol. The lowest BCUT2D eigenvalue weighted by molar-refractivity contribution is 0.339. The van der Waals surface area contributed by atoms with Crippen LogP contribution in [0.2, 0.25) is 0 Å². The number of hydrogen-bond donors (Lipinski definition) is 1. The van der Waals surface area contributed by atoms with Crippen molar-refractivity contribution in [2.75, 3.05) is 6.61 Å². The fourth-order valence-corrected chi connectivity index (χ4v) is 3.39. The smallest absolute Gasteiger partial charge is 0.275 e. The van der Waals surface area contributed by atoms with Crippen LogP contribution in [0.25, 0.3) is 21.5 Å². The first-order chi connectivity index (χ1) is 10.5. The molecule has 0 spiro atoms. The number of aryl methyl sites for hydroxylation is 2. The van der Waals surface area contributed by atoms with Gasteiger partial charge in [-0.15, -0.1) is 0 Å². The van der Waals surface area contributed by atoms with Crippen molar-refractivity contribution in [3.05, 3.63) is 40.2 Å². The molecular formula is C16H16N2O3S. The molecule has 0 aliphatic heterocycles. The highest BCUT2D eigenvalue weighted by Crippen LogP contribution is 2.39. The van der Waals surface area contributed by atoms with Crippen molar-refractivity contribution >= 4 is 21.7 Å². The van der Waals surface area contributed by atoms with E-state index in [0.29, 0.717) is 27.7 Å². The minimum Gasteiger partial charge on any atom is -0.505 e. The van der Waals surface area contributed by atoms with Crippen molar-refractivity contribution in [1.29, 1.82) is 0 Å². The van der Waals surface area contributed by atoms with Gasteiger partial charge in [-0.3, -0.25) is 9.36 Å². The predicted molar refractivity (Wildman–Crippen MR) is 87.9 cm³/mol. The van der Waals surface area contributed by atoms with E-state index in [2.05, 4.69) is 4.98 Å². The van der Waals surface area contributed by atoms with Gasteiger partial charge in [-0.1, -0.05) is 35.6 Å². The molecule has 3 rings (SSSR count). The lowest BCUT2D eigenvalue weighted by atomic mass is 10.0. The van der Waals surface area contributed by atoms with Crippen LogP contribution in [0.1, 0.15) is 12.5 Å². The van der Waals surface area contributed by atoms with Crippen LogP contribution in [0.5, 0.6) is 10.9 Å². The SMILES string of the molecule is CCOc1nc2c(s1)c(O)c(-c1ccccc1C)c(=O)n2C. The molecule has 0 saturated heterocycles. The number of rotatable bonds is 3. The van der Waals surface area contributed by atoms with E-state index in [0.717, 1.165) is 11.1 Å². The van der Waals surface area contributed by atoms with Crippen molar-refractivity contribution in [3.8, 4) is 22.1 Å². The van der Waals surface area contributed by atoms with Crippen LogP contribution in [0.3, 0.4) is 0 Å². The Morgan fingerprint density at radius 3 is 2.77 bits per heavy atom. The molecule has 5 nitrogen and oxygen atoms in total. The van der Waals surface area contributed by atoms with Crippen molar-refractivity contribution < 1.29 is 9.84 Å². The van der Waals surface area contributed by atoms with E-state index >= 15 is 0 Å². The number of ether oxygens (including phenoxy) is 1. The van der Waals surface area contributed by atoms with Gasteiger partial charge in [-0.25, -0.2) is 0 Å². The Bertz CT molecular complexity index is 912. The molecule has 0 bridgehead atoms. The Morgan fingerprint density at radius 1 is 1.36 bits per heavy atom. The lowest BCUT2D eigenvalue weighted by Gasteiger charge is -2.10. The summed E-state index contributed by atoms with van der Waals surface area (Å²) in [6.07, 6.45) is 0. The zero-order chi connectivity index (χ0) is 15.9. The fraction of sp³-hybridized carbons (Fsp3) is 0.250. The van der Waals surface area contributed by atoms with E-state index in [1.807, 2.05) is 38.1 Å². The molecule has 3 aromatic rings. The number of aromatic nitrogens is 2. The number of hydrogen-bond acceptors (Lipinski definition) is 5. The molecule has 0 aliphatic rings. The van der Waals surface area contributed by atoms with E-state index < -0.39 is 0 Å². The van der Waals surface area contributed by atoms with Gasteiger partial charge < -0.3 is 9.84 Å². The molecule has 6 heteroatoms. The number of benzene rings is 1. The monoisotopic (exact) mass is 316 g/mol. The minimum atomic E-state index is -0.271. The number of fused-ring (bicyclic) bond motifs is 1. The van der Waals surface area contributed by atoms with Crippen LogP contribution in [0.15, 0.2) is 29.1 Å². The molecule has 0 amide bonds. The fourth-order valence-electron chi connectivity index (χ4n) is 2.43. The highest BCUT2D eigenvalue weighted by Gasteiger charge is 2.21. The van der Waals surface area contributed by atoms with Gasteiger partial charge in [0.25, 0.3) is 10.8 Å². The molecule has 0 saturated carbocycles. The number of nitrogens with zero attached hydrogens (tertiary/aromatic N) is 2. The molecule has 0 atom stereocenters. The number of aromatic hydroxyl groups is 1. The van der Waals surface area contributed by atoms with Gasteiger partial charge in [-0.2, -0.15) is 4.98 Å².